The highest BCUT2D eigenvalue weighted by Gasteiger charge is 2.09. The van der Waals surface area contributed by atoms with E-state index < -0.39 is 0 Å². The minimum absolute atomic E-state index is 0. The van der Waals surface area contributed by atoms with Gasteiger partial charge in [-0.05, 0) is 36.4 Å². The molecule has 0 spiro atoms. The van der Waals surface area contributed by atoms with Gasteiger partial charge in [0, 0.05) is 27.2 Å². The first-order chi connectivity index (χ1) is 12.2. The zero-order valence-corrected chi connectivity index (χ0v) is 13.4. The van der Waals surface area contributed by atoms with Gasteiger partial charge in [-0.15, -0.1) is 10.2 Å². The van der Waals surface area contributed by atoms with Crippen molar-refractivity contribution >= 4 is 17.6 Å². The summed E-state index contributed by atoms with van der Waals surface area (Å²) in [5, 5.41) is 13.3. The van der Waals surface area contributed by atoms with Crippen molar-refractivity contribution < 1.29 is 12.4 Å². The average Bonchev–Trinajstić information content (AvgIpc) is 2.68. The number of pyridine rings is 1. The van der Waals surface area contributed by atoms with Crippen molar-refractivity contribution in [3.05, 3.63) is 72.1 Å². The van der Waals surface area contributed by atoms with Crippen LogP contribution in [0.15, 0.2) is 60.8 Å². The molecule has 2 heterocycles. The lowest BCUT2D eigenvalue weighted by atomic mass is 10.1. The highest BCUT2D eigenvalue weighted by atomic mass is 16.2. The molecule has 0 aliphatic heterocycles. The Hall–Kier alpha value is -3.61. The van der Waals surface area contributed by atoms with Gasteiger partial charge in [-0.1, -0.05) is 18.2 Å². The largest absolute Gasteiger partial charge is 0.355 e. The lowest BCUT2D eigenvalue weighted by Gasteiger charge is -2.06. The predicted octanol–water partition coefficient (Wildman–Crippen LogP) is 2.64. The van der Waals surface area contributed by atoms with Crippen molar-refractivity contribution in [3.8, 4) is 11.3 Å². The van der Waals surface area contributed by atoms with Gasteiger partial charge in [0.15, 0.2) is 5.82 Å². The minimum atomic E-state index is -0.357. The van der Waals surface area contributed by atoms with E-state index in [1.54, 1.807) is 61.8 Å². The summed E-state index contributed by atoms with van der Waals surface area (Å²) < 4.78 is 0. The van der Waals surface area contributed by atoms with E-state index >= 15 is 0 Å². The monoisotopic (exact) mass is 337 g/mol. The maximum atomic E-state index is 12.0. The molecule has 0 saturated heterocycles. The molecule has 2 N–H and O–H groups in total. The normalized spacial score (nSPS) is 10.1. The van der Waals surface area contributed by atoms with Crippen LogP contribution >= 0.6 is 0 Å². The summed E-state index contributed by atoms with van der Waals surface area (Å²) in [4.78, 5) is 27.7. The van der Waals surface area contributed by atoms with E-state index in [0.717, 1.165) is 5.56 Å². The second kappa shape index (κ2) is 7.31. The quantitative estimate of drug-likeness (QED) is 0.763. The summed E-state index contributed by atoms with van der Waals surface area (Å²) in [6.45, 7) is 0. The Kier molecular flexibility index (Phi) is 4.75. The van der Waals surface area contributed by atoms with Crippen LogP contribution in [0.5, 0.6) is 0 Å². The summed E-state index contributed by atoms with van der Waals surface area (Å²) >= 11 is 0. The second-order valence-electron chi connectivity index (χ2n) is 5.13. The molecule has 3 aromatic rings. The molecule has 0 fully saturated rings. The number of nitrogens with zero attached hydrogens (tertiary/aromatic N) is 3. The number of hydrogen-bond donors (Lipinski definition) is 2. The summed E-state index contributed by atoms with van der Waals surface area (Å²) in [5.41, 5.74) is 2.19. The number of anilines is 1. The maximum Gasteiger partial charge on any atom is 0.275 e. The van der Waals surface area contributed by atoms with Gasteiger partial charge in [-0.3, -0.25) is 14.6 Å². The summed E-state index contributed by atoms with van der Waals surface area (Å²) in [6.07, 6.45) is 1.54. The number of carbonyl (C=O) groups excluding carboxylic acids is 2. The van der Waals surface area contributed by atoms with Gasteiger partial charge in [0.2, 0.25) is 0 Å². The Morgan fingerprint density at radius 2 is 1.84 bits per heavy atom. The van der Waals surface area contributed by atoms with E-state index in [4.69, 9.17) is 0 Å². The van der Waals surface area contributed by atoms with Crippen molar-refractivity contribution in [2.24, 2.45) is 0 Å². The molecular weight excluding hydrogens is 318 g/mol. The first-order valence-electron chi connectivity index (χ1n) is 7.56. The van der Waals surface area contributed by atoms with Crippen molar-refractivity contribution in [3.63, 3.8) is 0 Å². The van der Waals surface area contributed by atoms with E-state index in [1.807, 2.05) is 6.07 Å². The van der Waals surface area contributed by atoms with Crippen molar-refractivity contribution in [2.45, 2.75) is 0 Å². The fourth-order valence-corrected chi connectivity index (χ4v) is 2.19. The van der Waals surface area contributed by atoms with E-state index in [1.165, 1.54) is 0 Å². The molecule has 2 aromatic heterocycles. The molecule has 3 rings (SSSR count). The third-order valence-electron chi connectivity index (χ3n) is 3.45. The number of benzene rings is 1. The average molecular weight is 337 g/mol. The molecule has 7 nitrogen and oxygen atoms in total. The van der Waals surface area contributed by atoms with Gasteiger partial charge >= 0.3 is 0 Å². The van der Waals surface area contributed by atoms with Crippen LogP contribution in [0.1, 0.15) is 23.7 Å². The molecule has 0 unspecified atom stereocenters. The molecular formula is C18H19N5O2. The van der Waals surface area contributed by atoms with Crippen molar-refractivity contribution in [1.82, 2.24) is 20.5 Å². The zero-order chi connectivity index (χ0) is 17.6. The van der Waals surface area contributed by atoms with E-state index in [2.05, 4.69) is 25.8 Å². The lowest BCUT2D eigenvalue weighted by Crippen LogP contribution is -2.17. The molecule has 2 amide bonds. The standard InChI is InChI=1S/C18H15N5O2.2H2/c1-19-17(24)13-6-4-5-12(11-13)14-8-9-16(23-22-14)21-18(25)15-7-2-3-10-20-15;;/h2-11H,1H3,(H,19,24)(H,21,23,25);2*1H. The van der Waals surface area contributed by atoms with Crippen LogP contribution in [0.2, 0.25) is 0 Å². The molecule has 128 valence electrons. The molecule has 25 heavy (non-hydrogen) atoms. The van der Waals surface area contributed by atoms with Gasteiger partial charge in [0.25, 0.3) is 11.8 Å². The first-order valence-corrected chi connectivity index (χ1v) is 7.56. The molecule has 7 heteroatoms. The SMILES string of the molecule is CNC(=O)c1cccc(-c2ccc(NC(=O)c3ccccn3)nn2)c1.[HH].[HH]. The maximum absolute atomic E-state index is 12.0. The number of hydrogen-bond acceptors (Lipinski definition) is 5. The lowest BCUT2D eigenvalue weighted by molar-refractivity contribution is 0.0962. The van der Waals surface area contributed by atoms with Crippen LogP contribution in [0.4, 0.5) is 5.82 Å². The van der Waals surface area contributed by atoms with Crippen LogP contribution in [-0.4, -0.2) is 34.0 Å². The molecule has 0 atom stereocenters. The number of aromatic nitrogens is 3. The first kappa shape index (κ1) is 16.3. The highest BCUT2D eigenvalue weighted by Crippen LogP contribution is 2.18. The Balaban J connectivity index is 0.00000182. The third-order valence-corrected chi connectivity index (χ3v) is 3.45. The van der Waals surface area contributed by atoms with Crippen molar-refractivity contribution in [1.29, 1.82) is 0 Å². The molecule has 1 aromatic carbocycles. The summed E-state index contributed by atoms with van der Waals surface area (Å²) in [5.74, 6) is -0.208. The highest BCUT2D eigenvalue weighted by molar-refractivity contribution is 6.02. The smallest absolute Gasteiger partial charge is 0.275 e. The van der Waals surface area contributed by atoms with E-state index in [0.29, 0.717) is 22.8 Å². The van der Waals surface area contributed by atoms with Gasteiger partial charge in [-0.2, -0.15) is 0 Å². The molecule has 0 radical (unpaired) electrons. The summed E-state index contributed by atoms with van der Waals surface area (Å²) in [7, 11) is 1.58. The fraction of sp³-hybridized carbons (Fsp3) is 0.0556. The van der Waals surface area contributed by atoms with Gasteiger partial charge in [0.1, 0.15) is 5.69 Å². The molecule has 0 bridgehead atoms. The topological polar surface area (TPSA) is 96.9 Å². The molecule has 0 aliphatic rings. The minimum Gasteiger partial charge on any atom is -0.355 e. The van der Waals surface area contributed by atoms with Gasteiger partial charge < -0.3 is 10.6 Å². The van der Waals surface area contributed by atoms with E-state index in [-0.39, 0.29) is 14.7 Å². The third kappa shape index (κ3) is 3.84. The number of nitrogens with one attached hydrogen (secondary N) is 2. The number of amides is 2. The van der Waals surface area contributed by atoms with Gasteiger partial charge in [-0.25, -0.2) is 0 Å². The number of rotatable bonds is 4. The Bertz CT molecular complexity index is 905. The van der Waals surface area contributed by atoms with Crippen LogP contribution in [0.25, 0.3) is 11.3 Å². The van der Waals surface area contributed by atoms with Gasteiger partial charge in [0.05, 0.1) is 5.69 Å². The van der Waals surface area contributed by atoms with Crippen LogP contribution in [0, 0.1) is 0 Å². The molecule has 0 aliphatic carbocycles. The number of carbonyl (C=O) groups is 2. The van der Waals surface area contributed by atoms with Crippen LogP contribution in [-0.2, 0) is 0 Å². The zero-order valence-electron chi connectivity index (χ0n) is 13.4. The Labute approximate surface area is 147 Å². The van der Waals surface area contributed by atoms with Crippen LogP contribution < -0.4 is 10.6 Å². The van der Waals surface area contributed by atoms with Crippen LogP contribution in [0.3, 0.4) is 0 Å². The Morgan fingerprint density at radius 1 is 0.960 bits per heavy atom. The fourth-order valence-electron chi connectivity index (χ4n) is 2.19. The predicted molar refractivity (Wildman–Crippen MR) is 97.3 cm³/mol. The second-order valence-corrected chi connectivity index (χ2v) is 5.13. The Morgan fingerprint density at radius 3 is 2.52 bits per heavy atom. The molecule has 0 saturated carbocycles. The van der Waals surface area contributed by atoms with Crippen molar-refractivity contribution in [2.75, 3.05) is 12.4 Å². The summed E-state index contributed by atoms with van der Waals surface area (Å²) in [6, 6.07) is 15.5. The van der Waals surface area contributed by atoms with E-state index in [9.17, 15) is 9.59 Å².